The van der Waals surface area contributed by atoms with Gasteiger partial charge in [0.15, 0.2) is 0 Å². The van der Waals surface area contributed by atoms with Crippen LogP contribution in [0, 0.1) is 17.8 Å². The minimum atomic E-state index is 0.855. The maximum Gasteiger partial charge on any atom is 0.0319 e. The van der Waals surface area contributed by atoms with E-state index in [9.17, 15) is 0 Å². The van der Waals surface area contributed by atoms with Gasteiger partial charge in [-0.3, -0.25) is 0 Å². The lowest BCUT2D eigenvalue weighted by atomic mass is 9.77. The normalized spacial score (nSPS) is 44.5. The van der Waals surface area contributed by atoms with E-state index >= 15 is 0 Å². The summed E-state index contributed by atoms with van der Waals surface area (Å²) in [5.74, 6) is 2.94. The van der Waals surface area contributed by atoms with Crippen molar-refractivity contribution in [3.05, 3.63) is 0 Å². The van der Waals surface area contributed by atoms with Crippen molar-refractivity contribution >= 4 is 0 Å². The Labute approximate surface area is 136 Å². The summed E-state index contributed by atoms with van der Waals surface area (Å²) in [6.07, 6.45) is 17.7. The van der Waals surface area contributed by atoms with Crippen LogP contribution < -0.4 is 5.43 Å². The van der Waals surface area contributed by atoms with E-state index in [0.717, 1.165) is 23.8 Å². The van der Waals surface area contributed by atoms with Crippen LogP contribution in [0.4, 0.5) is 0 Å². The fraction of sp³-hybridized carbons (Fsp3) is 1.00. The fourth-order valence-corrected chi connectivity index (χ4v) is 5.65. The summed E-state index contributed by atoms with van der Waals surface area (Å²) in [6, 6.07) is 0.855. The molecular weight excluding hydrogens is 270 g/mol. The smallest absolute Gasteiger partial charge is 0.0319 e. The van der Waals surface area contributed by atoms with Gasteiger partial charge in [0.25, 0.3) is 0 Å². The Morgan fingerprint density at radius 2 is 1.55 bits per heavy atom. The first kappa shape index (κ1) is 15.4. The summed E-state index contributed by atoms with van der Waals surface area (Å²) in [7, 11) is 0. The first-order valence-electron chi connectivity index (χ1n) is 10.2. The Morgan fingerprint density at radius 1 is 0.727 bits per heavy atom. The van der Waals surface area contributed by atoms with Crippen molar-refractivity contribution in [1.82, 2.24) is 15.6 Å². The van der Waals surface area contributed by atoms with Gasteiger partial charge < -0.3 is 0 Å². The monoisotopic (exact) mass is 305 g/mol. The number of rotatable bonds is 0. The maximum absolute atomic E-state index is 3.72. The van der Waals surface area contributed by atoms with E-state index in [2.05, 4.69) is 15.6 Å². The molecular formula is C19H35N3. The first-order chi connectivity index (χ1) is 10.9. The molecule has 1 aliphatic carbocycles. The molecule has 1 saturated carbocycles. The molecule has 5 unspecified atom stereocenters. The van der Waals surface area contributed by atoms with Crippen LogP contribution in [0.25, 0.3) is 0 Å². The standard InChI is InChI=1S/C19H35N3/c1-2-4-6-16-8-9-18-11-13-21(19(18)14-16)22-15-17(7-5-3-1)10-12-20-22/h16-20H,1-15H2. The van der Waals surface area contributed by atoms with E-state index in [0.29, 0.717) is 0 Å². The van der Waals surface area contributed by atoms with Crippen molar-refractivity contribution in [2.75, 3.05) is 19.6 Å². The second-order valence-electron chi connectivity index (χ2n) is 8.45. The summed E-state index contributed by atoms with van der Waals surface area (Å²) < 4.78 is 0. The zero-order chi connectivity index (χ0) is 14.8. The van der Waals surface area contributed by atoms with Crippen molar-refractivity contribution in [2.45, 2.75) is 83.1 Å². The molecule has 4 aliphatic rings. The SMILES string of the molecule is C1CCCC2CCC3CCN(C3C2)N2CC(CCC1)CCN2. The molecule has 0 aromatic rings. The summed E-state index contributed by atoms with van der Waals surface area (Å²) in [6.45, 7) is 3.78. The van der Waals surface area contributed by atoms with Gasteiger partial charge in [0.2, 0.25) is 0 Å². The molecule has 4 rings (SSSR count). The molecule has 4 bridgehead atoms. The highest BCUT2D eigenvalue weighted by Gasteiger charge is 2.42. The zero-order valence-corrected chi connectivity index (χ0v) is 14.3. The van der Waals surface area contributed by atoms with Gasteiger partial charge in [-0.15, -0.1) is 0 Å². The number of fused-ring (bicyclic) bond motifs is 4. The first-order valence-corrected chi connectivity index (χ1v) is 10.2. The second kappa shape index (κ2) is 7.19. The van der Waals surface area contributed by atoms with Gasteiger partial charge >= 0.3 is 0 Å². The van der Waals surface area contributed by atoms with Crippen LogP contribution in [0.5, 0.6) is 0 Å². The quantitative estimate of drug-likeness (QED) is 0.731. The Morgan fingerprint density at radius 3 is 2.45 bits per heavy atom. The molecule has 0 spiro atoms. The van der Waals surface area contributed by atoms with Crippen molar-refractivity contribution in [3.8, 4) is 0 Å². The minimum absolute atomic E-state index is 0.855. The molecule has 3 heteroatoms. The highest BCUT2D eigenvalue weighted by Crippen LogP contribution is 2.41. The molecule has 3 heterocycles. The third kappa shape index (κ3) is 3.37. The molecule has 1 N–H and O–H groups in total. The van der Waals surface area contributed by atoms with Crippen LogP contribution in [0.1, 0.15) is 77.0 Å². The Balaban J connectivity index is 1.47. The molecule has 0 aromatic carbocycles. The summed E-state index contributed by atoms with van der Waals surface area (Å²) >= 11 is 0. The second-order valence-corrected chi connectivity index (χ2v) is 8.45. The average Bonchev–Trinajstić information content (AvgIpc) is 2.97. The molecule has 3 nitrogen and oxygen atoms in total. The van der Waals surface area contributed by atoms with Gasteiger partial charge in [-0.1, -0.05) is 44.9 Å². The average molecular weight is 306 g/mol. The number of nitrogens with zero attached hydrogens (tertiary/aromatic N) is 2. The van der Waals surface area contributed by atoms with E-state index in [4.69, 9.17) is 0 Å². The number of hydrogen-bond acceptors (Lipinski definition) is 3. The molecule has 4 fully saturated rings. The van der Waals surface area contributed by atoms with Gasteiger partial charge in [-0.25, -0.2) is 10.4 Å². The highest BCUT2D eigenvalue weighted by atomic mass is 15.8. The van der Waals surface area contributed by atoms with Crippen molar-refractivity contribution in [2.24, 2.45) is 17.8 Å². The van der Waals surface area contributed by atoms with Crippen LogP contribution >= 0.6 is 0 Å². The molecule has 126 valence electrons. The molecule has 3 aliphatic heterocycles. The Hall–Kier alpha value is -0.120. The summed E-state index contributed by atoms with van der Waals surface area (Å²) in [5.41, 5.74) is 3.72. The molecule has 5 atom stereocenters. The molecule has 22 heavy (non-hydrogen) atoms. The van der Waals surface area contributed by atoms with Crippen LogP contribution in [0.2, 0.25) is 0 Å². The Kier molecular flexibility index (Phi) is 5.04. The van der Waals surface area contributed by atoms with E-state index in [1.807, 2.05) is 0 Å². The highest BCUT2D eigenvalue weighted by molar-refractivity contribution is 4.92. The lowest BCUT2D eigenvalue weighted by Gasteiger charge is -2.44. The van der Waals surface area contributed by atoms with Crippen molar-refractivity contribution < 1.29 is 0 Å². The van der Waals surface area contributed by atoms with Gasteiger partial charge in [0.05, 0.1) is 0 Å². The van der Waals surface area contributed by atoms with Crippen LogP contribution in [0.15, 0.2) is 0 Å². The number of nitrogens with one attached hydrogen (secondary N) is 1. The Bertz CT molecular complexity index is 359. The minimum Gasteiger partial charge on any atom is -0.241 e. The van der Waals surface area contributed by atoms with Gasteiger partial charge in [-0.05, 0) is 49.9 Å². The topological polar surface area (TPSA) is 18.5 Å². The van der Waals surface area contributed by atoms with Gasteiger partial charge in [-0.2, -0.15) is 5.12 Å². The van der Waals surface area contributed by atoms with Gasteiger partial charge in [0, 0.05) is 25.7 Å². The molecule has 0 aromatic heterocycles. The van der Waals surface area contributed by atoms with E-state index < -0.39 is 0 Å². The molecule has 3 saturated heterocycles. The summed E-state index contributed by atoms with van der Waals surface area (Å²) in [4.78, 5) is 0. The lowest BCUT2D eigenvalue weighted by Crippen LogP contribution is -2.58. The van der Waals surface area contributed by atoms with Crippen molar-refractivity contribution in [1.29, 1.82) is 0 Å². The third-order valence-corrected chi connectivity index (χ3v) is 6.99. The summed E-state index contributed by atoms with van der Waals surface area (Å²) in [5, 5.41) is 5.32. The number of hydrazine groups is 2. The predicted molar refractivity (Wildman–Crippen MR) is 91.1 cm³/mol. The largest absolute Gasteiger partial charge is 0.241 e. The zero-order valence-electron chi connectivity index (χ0n) is 14.3. The van der Waals surface area contributed by atoms with Crippen LogP contribution in [-0.4, -0.2) is 35.8 Å². The van der Waals surface area contributed by atoms with E-state index in [1.54, 1.807) is 0 Å². The van der Waals surface area contributed by atoms with Crippen LogP contribution in [0.3, 0.4) is 0 Å². The predicted octanol–water partition coefficient (Wildman–Crippen LogP) is 3.96. The fourth-order valence-electron chi connectivity index (χ4n) is 5.65. The number of hydrogen-bond donors (Lipinski definition) is 1. The van der Waals surface area contributed by atoms with E-state index in [1.165, 1.54) is 96.7 Å². The van der Waals surface area contributed by atoms with Gasteiger partial charge in [0.1, 0.15) is 0 Å². The van der Waals surface area contributed by atoms with Crippen LogP contribution in [-0.2, 0) is 0 Å². The molecule has 0 radical (unpaired) electrons. The lowest BCUT2D eigenvalue weighted by molar-refractivity contribution is -0.120. The molecule has 0 amide bonds. The third-order valence-electron chi connectivity index (χ3n) is 6.99. The van der Waals surface area contributed by atoms with E-state index in [-0.39, 0.29) is 0 Å². The maximum atomic E-state index is 3.72. The van der Waals surface area contributed by atoms with Crippen molar-refractivity contribution in [3.63, 3.8) is 0 Å².